The van der Waals surface area contributed by atoms with Gasteiger partial charge in [0.1, 0.15) is 5.75 Å². The van der Waals surface area contributed by atoms with E-state index in [4.69, 9.17) is 9.57 Å². The summed E-state index contributed by atoms with van der Waals surface area (Å²) in [5.74, 6) is 0.654. The number of hydrogen-bond acceptors (Lipinski definition) is 3. The molecule has 0 saturated carbocycles. The number of carbonyl (C=O) groups is 1. The van der Waals surface area contributed by atoms with Crippen LogP contribution < -0.4 is 10.2 Å². The van der Waals surface area contributed by atoms with E-state index in [0.29, 0.717) is 13.0 Å². The number of amides is 1. The van der Waals surface area contributed by atoms with Gasteiger partial charge in [-0.3, -0.25) is 9.63 Å². The maximum atomic E-state index is 11.6. The van der Waals surface area contributed by atoms with Crippen molar-refractivity contribution in [1.82, 2.24) is 5.48 Å². The summed E-state index contributed by atoms with van der Waals surface area (Å²) in [6, 6.07) is 7.47. The minimum absolute atomic E-state index is 0.158. The Kier molecular flexibility index (Phi) is 5.16. The molecule has 0 heterocycles. The fourth-order valence-electron chi connectivity index (χ4n) is 1.30. The topological polar surface area (TPSA) is 47.6 Å². The van der Waals surface area contributed by atoms with Crippen LogP contribution in [0.3, 0.4) is 0 Å². The van der Waals surface area contributed by atoms with Crippen molar-refractivity contribution in [3.63, 3.8) is 0 Å². The monoisotopic (exact) mass is 251 g/mol. The van der Waals surface area contributed by atoms with Gasteiger partial charge in [-0.15, -0.1) is 0 Å². The molecule has 4 nitrogen and oxygen atoms in total. The Morgan fingerprint density at radius 2 is 1.83 bits per heavy atom. The molecule has 1 aromatic carbocycles. The van der Waals surface area contributed by atoms with E-state index in [9.17, 15) is 4.79 Å². The molecule has 100 valence electrons. The molecule has 0 atom stereocenters. The quantitative estimate of drug-likeness (QED) is 0.818. The van der Waals surface area contributed by atoms with Gasteiger partial charge in [0, 0.05) is 0 Å². The number of benzene rings is 1. The summed E-state index contributed by atoms with van der Waals surface area (Å²) < 4.78 is 5.33. The van der Waals surface area contributed by atoms with Crippen molar-refractivity contribution in [3.8, 4) is 5.75 Å². The van der Waals surface area contributed by atoms with Crippen LogP contribution in [0.2, 0.25) is 0 Å². The Balaban J connectivity index is 2.44. The van der Waals surface area contributed by atoms with Gasteiger partial charge in [-0.05, 0) is 45.4 Å². The van der Waals surface area contributed by atoms with E-state index < -0.39 is 0 Å². The van der Waals surface area contributed by atoms with E-state index in [2.05, 4.69) is 5.48 Å². The van der Waals surface area contributed by atoms with Gasteiger partial charge in [0.25, 0.3) is 0 Å². The lowest BCUT2D eigenvalue weighted by molar-refractivity contribution is -0.144. The third-order valence-electron chi connectivity index (χ3n) is 2.07. The first-order valence-corrected chi connectivity index (χ1v) is 6.09. The highest BCUT2D eigenvalue weighted by Crippen LogP contribution is 2.12. The molecule has 0 aromatic heterocycles. The van der Waals surface area contributed by atoms with Crippen molar-refractivity contribution in [1.29, 1.82) is 0 Å². The molecule has 0 aliphatic heterocycles. The first kappa shape index (κ1) is 14.5. The molecule has 0 unspecified atom stereocenters. The van der Waals surface area contributed by atoms with Gasteiger partial charge in [0.15, 0.2) is 0 Å². The maximum Gasteiger partial charge on any atom is 0.247 e. The van der Waals surface area contributed by atoms with Crippen LogP contribution in [-0.4, -0.2) is 18.1 Å². The second kappa shape index (κ2) is 6.40. The van der Waals surface area contributed by atoms with Crippen molar-refractivity contribution in [3.05, 3.63) is 29.8 Å². The average Bonchev–Trinajstić information content (AvgIpc) is 2.29. The lowest BCUT2D eigenvalue weighted by atomic mass is 10.1. The smallest absolute Gasteiger partial charge is 0.247 e. The van der Waals surface area contributed by atoms with Crippen molar-refractivity contribution in [2.24, 2.45) is 0 Å². The average molecular weight is 251 g/mol. The summed E-state index contributed by atoms with van der Waals surface area (Å²) in [4.78, 5) is 16.8. The summed E-state index contributed by atoms with van der Waals surface area (Å²) in [5, 5.41) is 0. The third-order valence-corrected chi connectivity index (χ3v) is 2.07. The zero-order valence-electron chi connectivity index (χ0n) is 11.4. The first-order chi connectivity index (χ1) is 8.40. The van der Waals surface area contributed by atoms with E-state index in [1.165, 1.54) is 0 Å². The van der Waals surface area contributed by atoms with Crippen molar-refractivity contribution in [2.75, 3.05) is 6.61 Å². The molecular weight excluding hydrogens is 230 g/mol. The van der Waals surface area contributed by atoms with E-state index >= 15 is 0 Å². The highest BCUT2D eigenvalue weighted by atomic mass is 16.7. The molecule has 1 N–H and O–H groups in total. The predicted molar refractivity (Wildman–Crippen MR) is 70.3 cm³/mol. The van der Waals surface area contributed by atoms with Crippen molar-refractivity contribution >= 4 is 5.91 Å². The van der Waals surface area contributed by atoms with E-state index in [1.54, 1.807) is 0 Å². The lowest BCUT2D eigenvalue weighted by Gasteiger charge is -2.18. The predicted octanol–water partition coefficient (Wildman–Crippen LogP) is 2.47. The molecule has 18 heavy (non-hydrogen) atoms. The van der Waals surface area contributed by atoms with E-state index in [-0.39, 0.29) is 11.5 Å². The highest BCUT2D eigenvalue weighted by molar-refractivity contribution is 5.77. The summed E-state index contributed by atoms with van der Waals surface area (Å²) in [7, 11) is 0. The molecule has 0 fully saturated rings. The minimum atomic E-state index is -0.380. The number of hydroxylamine groups is 1. The first-order valence-electron chi connectivity index (χ1n) is 6.09. The van der Waals surface area contributed by atoms with Crippen LogP contribution in [0.5, 0.6) is 5.75 Å². The van der Waals surface area contributed by atoms with Gasteiger partial charge in [0.2, 0.25) is 5.91 Å². The van der Waals surface area contributed by atoms with Gasteiger partial charge < -0.3 is 4.74 Å². The van der Waals surface area contributed by atoms with Gasteiger partial charge in [0.05, 0.1) is 18.6 Å². The van der Waals surface area contributed by atoms with E-state index in [0.717, 1.165) is 11.3 Å². The van der Waals surface area contributed by atoms with Crippen LogP contribution in [0.1, 0.15) is 33.3 Å². The second-order valence-corrected chi connectivity index (χ2v) is 4.99. The number of carbonyl (C=O) groups excluding carboxylic acids is 1. The molecule has 0 bridgehead atoms. The Morgan fingerprint density at radius 3 is 2.33 bits per heavy atom. The van der Waals surface area contributed by atoms with Crippen molar-refractivity contribution < 1.29 is 14.4 Å². The van der Waals surface area contributed by atoms with Gasteiger partial charge >= 0.3 is 0 Å². The Labute approximate surface area is 108 Å². The fourth-order valence-corrected chi connectivity index (χ4v) is 1.30. The van der Waals surface area contributed by atoms with Crippen LogP contribution in [-0.2, 0) is 16.1 Å². The summed E-state index contributed by atoms with van der Waals surface area (Å²) in [6.07, 6.45) is 0.294. The zero-order chi connectivity index (χ0) is 13.6. The SMILES string of the molecule is CCOc1ccc(CC(=O)NOC(C)(C)C)cc1. The molecule has 0 aliphatic carbocycles. The molecule has 0 aliphatic rings. The molecular formula is C14H21NO3. The molecule has 4 heteroatoms. The molecule has 1 rings (SSSR count). The third kappa shape index (κ3) is 5.68. The molecule has 0 radical (unpaired) electrons. The van der Waals surface area contributed by atoms with Gasteiger partial charge in [-0.2, -0.15) is 0 Å². The van der Waals surface area contributed by atoms with Crippen LogP contribution in [0.4, 0.5) is 0 Å². The second-order valence-electron chi connectivity index (χ2n) is 4.99. The van der Waals surface area contributed by atoms with Crippen LogP contribution in [0, 0.1) is 0 Å². The summed E-state index contributed by atoms with van der Waals surface area (Å²) in [5.41, 5.74) is 2.98. The van der Waals surface area contributed by atoms with Crippen LogP contribution in [0.15, 0.2) is 24.3 Å². The van der Waals surface area contributed by atoms with Crippen molar-refractivity contribution in [2.45, 2.75) is 39.7 Å². The Morgan fingerprint density at radius 1 is 1.22 bits per heavy atom. The number of hydrogen-bond donors (Lipinski definition) is 1. The maximum absolute atomic E-state index is 11.6. The molecule has 0 spiro atoms. The summed E-state index contributed by atoms with van der Waals surface area (Å²) >= 11 is 0. The number of rotatable bonds is 5. The van der Waals surface area contributed by atoms with Crippen LogP contribution in [0.25, 0.3) is 0 Å². The lowest BCUT2D eigenvalue weighted by Crippen LogP contribution is -2.34. The van der Waals surface area contributed by atoms with Gasteiger partial charge in [-0.25, -0.2) is 5.48 Å². The summed E-state index contributed by atoms with van der Waals surface area (Å²) in [6.45, 7) is 8.21. The minimum Gasteiger partial charge on any atom is -0.494 e. The fraction of sp³-hybridized carbons (Fsp3) is 0.500. The van der Waals surface area contributed by atoms with Crippen LogP contribution >= 0.6 is 0 Å². The zero-order valence-corrected chi connectivity index (χ0v) is 11.4. The largest absolute Gasteiger partial charge is 0.494 e. The highest BCUT2D eigenvalue weighted by Gasteiger charge is 2.12. The Bertz CT molecular complexity index is 379. The molecule has 1 amide bonds. The normalized spacial score (nSPS) is 11.1. The molecule has 1 aromatic rings. The number of ether oxygens (including phenoxy) is 1. The standard InChI is InChI=1S/C14H21NO3/c1-5-17-12-8-6-11(7-9-12)10-13(16)15-18-14(2,3)4/h6-9H,5,10H2,1-4H3,(H,15,16). The Hall–Kier alpha value is -1.55. The molecule has 0 saturated heterocycles. The van der Waals surface area contributed by atoms with Gasteiger partial charge in [-0.1, -0.05) is 12.1 Å². The van der Waals surface area contributed by atoms with E-state index in [1.807, 2.05) is 52.0 Å². The number of nitrogens with one attached hydrogen (secondary N) is 1.